The molecule has 2 aliphatic carbocycles. The summed E-state index contributed by atoms with van der Waals surface area (Å²) in [5, 5.41) is 24.5. The van der Waals surface area contributed by atoms with E-state index in [-0.39, 0.29) is 11.3 Å². The van der Waals surface area contributed by atoms with Gasteiger partial charge in [0.05, 0.1) is 23.8 Å². The lowest BCUT2D eigenvalue weighted by Gasteiger charge is -2.45. The number of hydrogen-bond donors (Lipinski definition) is 0. The molecule has 0 saturated carbocycles. The summed E-state index contributed by atoms with van der Waals surface area (Å²) < 4.78 is 155. The molecule has 50 heavy (non-hydrogen) atoms. The average molecular weight is 735 g/mol. The van der Waals surface area contributed by atoms with Crippen molar-refractivity contribution < 1.29 is 38.9 Å². The van der Waals surface area contributed by atoms with Gasteiger partial charge in [-0.3, -0.25) is 0 Å². The van der Waals surface area contributed by atoms with Crippen LogP contribution in [0.1, 0.15) is 27.8 Å². The first-order valence-corrected chi connectivity index (χ1v) is 17.2. The second-order valence-corrected chi connectivity index (χ2v) is 15.6. The zero-order valence-electron chi connectivity index (χ0n) is 24.3. The second-order valence-electron chi connectivity index (χ2n) is 10.9. The predicted octanol–water partition coefficient (Wildman–Crippen LogP) is 10.3. The van der Waals surface area contributed by atoms with Crippen LogP contribution in [0.5, 0.6) is 0 Å². The third-order valence-electron chi connectivity index (χ3n) is 7.74. The minimum absolute atomic E-state index is 0.361. The summed E-state index contributed by atoms with van der Waals surface area (Å²) >= 11 is 0. The van der Waals surface area contributed by atoms with Crippen molar-refractivity contribution in [1.82, 2.24) is 0 Å². The van der Waals surface area contributed by atoms with Gasteiger partial charge in [0.15, 0.2) is 5.69 Å². The maximum absolute atomic E-state index is 15.5. The van der Waals surface area contributed by atoms with E-state index in [0.29, 0.717) is 0 Å². The highest BCUT2D eigenvalue weighted by Crippen LogP contribution is 3.04. The van der Waals surface area contributed by atoms with Crippen LogP contribution < -0.4 is 10.4 Å². The monoisotopic (exact) mass is 734 g/mol. The molecule has 0 radical (unpaired) electrons. The van der Waals surface area contributed by atoms with Crippen LogP contribution >= 0.6 is 20.4 Å². The minimum Gasteiger partial charge on any atom is -0.238 e. The molecule has 0 heterocycles. The van der Waals surface area contributed by atoms with Gasteiger partial charge in [0.25, 0.3) is 0 Å². The van der Waals surface area contributed by atoms with Crippen molar-refractivity contribution in [3.05, 3.63) is 144 Å². The van der Waals surface area contributed by atoms with Gasteiger partial charge in [-0.2, -0.15) is 25.5 Å². The fourth-order valence-electron chi connectivity index (χ4n) is 6.19. The summed E-state index contributed by atoms with van der Waals surface area (Å²) in [7, 11) is -22.8. The quantitative estimate of drug-likeness (QED) is 0.152. The molecule has 18 heteroatoms. The van der Waals surface area contributed by atoms with Crippen LogP contribution in [0.15, 0.2) is 80.9 Å². The standard InChI is InChI=1S/C32H12F10N6S2/c1-46-21-9-5-8-19(11-21)27-25(32(47-2)48-3)13-24-29(27)30(49(33,34,35,36)37)23-12-22(20(15-44)16-45)26(18-7-4-6-17(10-18)14-43)28(23)31(24)50(38,39,40,41)42/h4-11H,12-13H2. The van der Waals surface area contributed by atoms with Gasteiger partial charge in [-0.1, -0.05) is 69.2 Å². The Balaban J connectivity index is 2.36. The molecule has 0 aromatic heterocycles. The highest BCUT2D eigenvalue weighted by molar-refractivity contribution is 8.46. The van der Waals surface area contributed by atoms with Crippen LogP contribution in [-0.2, 0) is 12.8 Å². The first-order chi connectivity index (χ1) is 22.8. The predicted molar refractivity (Wildman–Crippen MR) is 163 cm³/mol. The van der Waals surface area contributed by atoms with E-state index < -0.39 is 109 Å². The molecule has 2 aliphatic rings. The molecule has 0 saturated heterocycles. The van der Waals surface area contributed by atoms with Crippen LogP contribution in [0.3, 0.4) is 0 Å². The lowest BCUT2D eigenvalue weighted by atomic mass is 9.94. The number of allylic oxidation sites excluding steroid dienone is 3. The number of hydrogen-bond acceptors (Lipinski definition) is 3. The maximum atomic E-state index is 15.5. The van der Waals surface area contributed by atoms with Crippen molar-refractivity contribution in [2.75, 3.05) is 0 Å². The normalized spacial score (nSPS) is 16.4. The first kappa shape index (κ1) is 35.1. The highest BCUT2D eigenvalue weighted by atomic mass is 32.5. The molecule has 5 rings (SSSR count). The van der Waals surface area contributed by atoms with E-state index in [2.05, 4.69) is 14.5 Å². The van der Waals surface area contributed by atoms with Gasteiger partial charge in [-0.25, -0.2) is 4.85 Å². The van der Waals surface area contributed by atoms with E-state index in [1.54, 1.807) is 6.07 Å². The fourth-order valence-corrected chi connectivity index (χ4v) is 8.69. The molecule has 3 aromatic carbocycles. The van der Waals surface area contributed by atoms with Crippen LogP contribution in [0.4, 0.5) is 44.5 Å². The van der Waals surface area contributed by atoms with Crippen molar-refractivity contribution in [3.8, 4) is 18.2 Å². The molecule has 252 valence electrons. The second kappa shape index (κ2) is 9.71. The molecule has 0 bridgehead atoms. The van der Waals surface area contributed by atoms with Crippen molar-refractivity contribution in [2.24, 2.45) is 0 Å². The summed E-state index contributed by atoms with van der Waals surface area (Å²) in [6.07, 6.45) is -3.38. The Kier molecular flexibility index (Phi) is 6.82. The van der Waals surface area contributed by atoms with E-state index in [0.717, 1.165) is 48.5 Å². The third kappa shape index (κ3) is 5.78. The molecule has 0 fully saturated rings. The molecule has 0 unspecified atom stereocenters. The number of nitriles is 3. The molecule has 0 aliphatic heterocycles. The SMILES string of the molecule is [C-]#[N+]C([N+]#[C-])=C1Cc2c(S(F)(F)(F)(F)F)c3c(c(S(F)(F)(F)(F)F)c2=C1c1cccc([N+]#[C-])c1)CC(=C(C#N)C#N)C=3c1cccc(C#N)c1. The van der Waals surface area contributed by atoms with Crippen LogP contribution in [-0.4, -0.2) is 0 Å². The van der Waals surface area contributed by atoms with Gasteiger partial charge in [0.2, 0.25) is 0 Å². The number of fused-ring (bicyclic) bond motifs is 2. The molecule has 6 nitrogen and oxygen atoms in total. The van der Waals surface area contributed by atoms with Gasteiger partial charge in [-0.05, 0) is 63.6 Å². The molecule has 3 aromatic rings. The Bertz CT molecular complexity index is 2400. The van der Waals surface area contributed by atoms with Crippen molar-refractivity contribution in [1.29, 1.82) is 15.8 Å². The van der Waals surface area contributed by atoms with E-state index >= 15 is 38.9 Å². The Hall–Kier alpha value is -6.18. The van der Waals surface area contributed by atoms with E-state index in [9.17, 15) is 15.8 Å². The molecule has 0 N–H and O–H groups in total. The first-order valence-electron chi connectivity index (χ1n) is 13.3. The van der Waals surface area contributed by atoms with E-state index in [1.165, 1.54) is 12.1 Å². The van der Waals surface area contributed by atoms with Gasteiger partial charge >= 0.3 is 26.3 Å². The topological polar surface area (TPSA) is 84.5 Å². The Morgan fingerprint density at radius 3 is 1.54 bits per heavy atom. The molecular weight excluding hydrogens is 723 g/mol. The summed E-state index contributed by atoms with van der Waals surface area (Å²) in [5.74, 6) is -1.21. The lowest BCUT2D eigenvalue weighted by Crippen LogP contribution is -2.34. The van der Waals surface area contributed by atoms with E-state index in [1.807, 2.05) is 0 Å². The smallest absolute Gasteiger partial charge is 0.238 e. The lowest BCUT2D eigenvalue weighted by molar-refractivity contribution is 0.352. The van der Waals surface area contributed by atoms with Gasteiger partial charge in [-0.15, -0.1) is 0 Å². The van der Waals surface area contributed by atoms with Crippen LogP contribution in [0.25, 0.3) is 25.7 Å². The van der Waals surface area contributed by atoms with Gasteiger partial charge < -0.3 is 0 Å². The third-order valence-corrected chi connectivity index (χ3v) is 10.2. The molecule has 0 amide bonds. The highest BCUT2D eigenvalue weighted by Gasteiger charge is 2.72. The number of nitrogens with zero attached hydrogens (tertiary/aromatic N) is 6. The largest absolute Gasteiger partial charge is 0.523 e. The average Bonchev–Trinajstić information content (AvgIpc) is 3.57. The Labute approximate surface area is 275 Å². The summed E-state index contributed by atoms with van der Waals surface area (Å²) in [4.78, 5) is 2.60. The summed E-state index contributed by atoms with van der Waals surface area (Å²) in [5.41, 5.74) is -11.8. The maximum Gasteiger partial charge on any atom is 0.523 e. The number of halogens is 10. The Morgan fingerprint density at radius 1 is 0.640 bits per heavy atom. The molecule has 0 atom stereocenters. The molecular formula is C32H12F10N6S2. The van der Waals surface area contributed by atoms with Crippen molar-refractivity contribution in [2.45, 2.75) is 22.6 Å². The van der Waals surface area contributed by atoms with Gasteiger partial charge in [0, 0.05) is 16.9 Å². The summed E-state index contributed by atoms with van der Waals surface area (Å²) in [6, 6.07) is 11.6. The van der Waals surface area contributed by atoms with Crippen molar-refractivity contribution >= 4 is 37.3 Å². The number of benzene rings is 3. The van der Waals surface area contributed by atoms with E-state index in [4.69, 9.17) is 19.7 Å². The van der Waals surface area contributed by atoms with Crippen LogP contribution in [0.2, 0.25) is 0 Å². The zero-order valence-corrected chi connectivity index (χ0v) is 25.9. The zero-order chi connectivity index (χ0) is 37.4. The van der Waals surface area contributed by atoms with Gasteiger partial charge in [0.1, 0.15) is 40.6 Å². The fraction of sp³-hybridized carbons (Fsp3) is 0.0625. The minimum atomic E-state index is -11.4. The van der Waals surface area contributed by atoms with Crippen LogP contribution in [0, 0.1) is 53.7 Å². The number of rotatable bonds is 4. The molecule has 0 spiro atoms. The summed E-state index contributed by atoms with van der Waals surface area (Å²) in [6.45, 7) is 22.0. The Morgan fingerprint density at radius 2 is 1.10 bits per heavy atom. The van der Waals surface area contributed by atoms with Crippen molar-refractivity contribution in [3.63, 3.8) is 0 Å².